The van der Waals surface area contributed by atoms with E-state index in [1.165, 1.54) is 5.56 Å². The number of ketones is 1. The van der Waals surface area contributed by atoms with Crippen LogP contribution in [0.3, 0.4) is 0 Å². The van der Waals surface area contributed by atoms with Crippen LogP contribution in [0.25, 0.3) is 0 Å². The Morgan fingerprint density at radius 1 is 0.850 bits per heavy atom. The molecule has 0 amide bonds. The van der Waals surface area contributed by atoms with Gasteiger partial charge in [0.2, 0.25) is 0 Å². The fourth-order valence-electron chi connectivity index (χ4n) is 1.93. The van der Waals surface area contributed by atoms with Crippen molar-refractivity contribution in [1.29, 1.82) is 0 Å². The lowest BCUT2D eigenvalue weighted by molar-refractivity contribution is 0.0991. The van der Waals surface area contributed by atoms with Crippen LogP contribution >= 0.6 is 31.9 Å². The van der Waals surface area contributed by atoms with Crippen LogP contribution in [-0.4, -0.2) is 10.6 Å². The van der Waals surface area contributed by atoms with Gasteiger partial charge in [0.1, 0.15) is 0 Å². The van der Waals surface area contributed by atoms with E-state index in [0.29, 0.717) is 0 Å². The Balaban J connectivity index is 2.17. The van der Waals surface area contributed by atoms with Gasteiger partial charge in [-0.2, -0.15) is 0 Å². The summed E-state index contributed by atoms with van der Waals surface area (Å²) in [5.41, 5.74) is 4.19. The monoisotopic (exact) mass is 394 g/mol. The molecule has 0 N–H and O–H groups in total. The quantitative estimate of drug-likeness (QED) is 0.501. The van der Waals surface area contributed by atoms with Gasteiger partial charge in [-0.3, -0.25) is 4.79 Å². The average Bonchev–Trinajstić information content (AvgIpc) is 2.46. The first kappa shape index (κ1) is 15.5. The Morgan fingerprint density at radius 2 is 1.30 bits per heavy atom. The maximum absolute atomic E-state index is 12.5. The van der Waals surface area contributed by atoms with Crippen LogP contribution < -0.4 is 0 Å². The molecule has 0 fully saturated rings. The summed E-state index contributed by atoms with van der Waals surface area (Å²) < 4.78 is 0. The molecule has 2 atom stereocenters. The molecule has 0 aliphatic carbocycles. The van der Waals surface area contributed by atoms with Crippen LogP contribution in [0.5, 0.6) is 0 Å². The number of alkyl halides is 2. The zero-order chi connectivity index (χ0) is 14.7. The van der Waals surface area contributed by atoms with Gasteiger partial charge in [-0.25, -0.2) is 0 Å². The maximum atomic E-state index is 12.5. The highest BCUT2D eigenvalue weighted by Gasteiger charge is 2.25. The SMILES string of the molecule is Cc1ccc(C(=O)[C@H](Br)[C@H](Br)c2ccc(C)cc2)cc1. The summed E-state index contributed by atoms with van der Waals surface area (Å²) in [6.07, 6.45) is 0. The van der Waals surface area contributed by atoms with E-state index in [2.05, 4.69) is 50.9 Å². The van der Waals surface area contributed by atoms with Gasteiger partial charge in [0, 0.05) is 5.56 Å². The van der Waals surface area contributed by atoms with Crippen molar-refractivity contribution in [2.75, 3.05) is 0 Å². The van der Waals surface area contributed by atoms with Gasteiger partial charge >= 0.3 is 0 Å². The van der Waals surface area contributed by atoms with Crippen molar-refractivity contribution in [3.8, 4) is 0 Å². The molecule has 0 radical (unpaired) electrons. The first-order chi connectivity index (χ1) is 9.49. The van der Waals surface area contributed by atoms with Crippen LogP contribution in [0.4, 0.5) is 0 Å². The number of aryl methyl sites for hydroxylation is 2. The molecular formula is C17H16Br2O. The van der Waals surface area contributed by atoms with Crippen molar-refractivity contribution in [2.45, 2.75) is 23.5 Å². The maximum Gasteiger partial charge on any atom is 0.177 e. The lowest BCUT2D eigenvalue weighted by Gasteiger charge is -2.16. The number of carbonyl (C=O) groups is 1. The predicted octanol–water partition coefficient (Wildman–Crippen LogP) is 5.39. The lowest BCUT2D eigenvalue weighted by atomic mass is 10.0. The van der Waals surface area contributed by atoms with Crippen molar-refractivity contribution in [1.82, 2.24) is 0 Å². The molecule has 0 aliphatic rings. The second kappa shape index (κ2) is 6.68. The smallest absolute Gasteiger partial charge is 0.177 e. The minimum atomic E-state index is -0.284. The number of hydrogen-bond donors (Lipinski definition) is 0. The Morgan fingerprint density at radius 3 is 1.80 bits per heavy atom. The van der Waals surface area contributed by atoms with E-state index < -0.39 is 0 Å². The average molecular weight is 396 g/mol. The number of Topliss-reactive ketones (excluding diaryl/α,β-unsaturated/α-hetero) is 1. The van der Waals surface area contributed by atoms with Gasteiger partial charge in [0.25, 0.3) is 0 Å². The minimum Gasteiger partial charge on any atom is -0.293 e. The molecule has 2 aromatic rings. The second-order valence-corrected chi connectivity index (χ2v) is 6.92. The number of halogens is 2. The third-order valence-electron chi connectivity index (χ3n) is 3.24. The molecule has 0 saturated carbocycles. The summed E-state index contributed by atoms with van der Waals surface area (Å²) in [7, 11) is 0. The molecule has 0 heterocycles. The van der Waals surface area contributed by atoms with Gasteiger partial charge in [0.15, 0.2) is 5.78 Å². The van der Waals surface area contributed by atoms with Crippen molar-refractivity contribution in [3.05, 3.63) is 70.8 Å². The molecule has 2 aromatic carbocycles. The minimum absolute atomic E-state index is 0.0445. The van der Waals surface area contributed by atoms with Crippen LogP contribution in [-0.2, 0) is 0 Å². The first-order valence-electron chi connectivity index (χ1n) is 6.44. The molecule has 1 nitrogen and oxygen atoms in total. The number of rotatable bonds is 4. The summed E-state index contributed by atoms with van der Waals surface area (Å²) in [6, 6.07) is 15.9. The van der Waals surface area contributed by atoms with E-state index in [4.69, 9.17) is 0 Å². The van der Waals surface area contributed by atoms with E-state index in [0.717, 1.165) is 16.7 Å². The number of carbonyl (C=O) groups excluding carboxylic acids is 1. The van der Waals surface area contributed by atoms with E-state index in [1.807, 2.05) is 43.3 Å². The van der Waals surface area contributed by atoms with Crippen LogP contribution in [0.2, 0.25) is 0 Å². The Hall–Kier alpha value is -0.930. The standard InChI is InChI=1S/C17H16Br2O/c1-11-3-7-13(8-4-11)15(18)16(19)17(20)14-9-5-12(2)6-10-14/h3-10,15-16H,1-2H3/t15-,16-/m1/s1. The van der Waals surface area contributed by atoms with Gasteiger partial charge in [-0.05, 0) is 19.4 Å². The third kappa shape index (κ3) is 3.58. The van der Waals surface area contributed by atoms with E-state index in [1.54, 1.807) is 0 Å². The Bertz CT molecular complexity index is 587. The third-order valence-corrected chi connectivity index (χ3v) is 5.95. The largest absolute Gasteiger partial charge is 0.293 e. The topological polar surface area (TPSA) is 17.1 Å². The summed E-state index contributed by atoms with van der Waals surface area (Å²) in [5, 5.41) is 0. The molecule has 0 aliphatic heterocycles. The zero-order valence-corrected chi connectivity index (χ0v) is 14.6. The van der Waals surface area contributed by atoms with Gasteiger partial charge in [0.05, 0.1) is 9.65 Å². The van der Waals surface area contributed by atoms with Gasteiger partial charge in [-0.1, -0.05) is 91.5 Å². The van der Waals surface area contributed by atoms with Crippen LogP contribution in [0.15, 0.2) is 48.5 Å². The molecule has 2 rings (SSSR count). The highest BCUT2D eigenvalue weighted by Crippen LogP contribution is 2.33. The van der Waals surface area contributed by atoms with Crippen molar-refractivity contribution < 1.29 is 4.79 Å². The van der Waals surface area contributed by atoms with E-state index in [9.17, 15) is 4.79 Å². The summed E-state index contributed by atoms with van der Waals surface area (Å²) in [6.45, 7) is 4.07. The molecule has 3 heteroatoms. The molecule has 0 aromatic heterocycles. The molecule has 0 spiro atoms. The molecule has 104 valence electrons. The van der Waals surface area contributed by atoms with Crippen molar-refractivity contribution >= 4 is 37.6 Å². The number of benzene rings is 2. The highest BCUT2D eigenvalue weighted by molar-refractivity contribution is 9.12. The second-order valence-electron chi connectivity index (χ2n) is 4.94. The molecule has 20 heavy (non-hydrogen) atoms. The molecular weight excluding hydrogens is 380 g/mol. The molecule has 0 bridgehead atoms. The zero-order valence-electron chi connectivity index (χ0n) is 11.4. The summed E-state index contributed by atoms with van der Waals surface area (Å²) in [5.74, 6) is 0.0902. The van der Waals surface area contributed by atoms with Crippen LogP contribution in [0.1, 0.15) is 31.9 Å². The van der Waals surface area contributed by atoms with Crippen molar-refractivity contribution in [2.24, 2.45) is 0 Å². The first-order valence-corrected chi connectivity index (χ1v) is 8.28. The molecule has 0 saturated heterocycles. The van der Waals surface area contributed by atoms with Gasteiger partial charge < -0.3 is 0 Å². The predicted molar refractivity (Wildman–Crippen MR) is 91.1 cm³/mol. The van der Waals surface area contributed by atoms with Gasteiger partial charge in [-0.15, -0.1) is 0 Å². The number of hydrogen-bond acceptors (Lipinski definition) is 1. The summed E-state index contributed by atoms with van der Waals surface area (Å²) in [4.78, 5) is 12.1. The Kier molecular flexibility index (Phi) is 5.17. The Labute approximate surface area is 136 Å². The highest BCUT2D eigenvalue weighted by atomic mass is 79.9. The lowest BCUT2D eigenvalue weighted by Crippen LogP contribution is -2.19. The van der Waals surface area contributed by atoms with E-state index >= 15 is 0 Å². The van der Waals surface area contributed by atoms with Crippen LogP contribution in [0, 0.1) is 13.8 Å². The fourth-order valence-corrected chi connectivity index (χ4v) is 3.04. The fraction of sp³-hybridized carbons (Fsp3) is 0.235. The molecule has 0 unspecified atom stereocenters. The summed E-state index contributed by atoms with van der Waals surface area (Å²) >= 11 is 7.14. The normalized spacial score (nSPS) is 13.8. The van der Waals surface area contributed by atoms with Crippen molar-refractivity contribution in [3.63, 3.8) is 0 Å². The van der Waals surface area contributed by atoms with E-state index in [-0.39, 0.29) is 15.4 Å².